The third kappa shape index (κ3) is 5.47. The van der Waals surface area contributed by atoms with Crippen LogP contribution in [0.3, 0.4) is 0 Å². The summed E-state index contributed by atoms with van der Waals surface area (Å²) in [5, 5.41) is 11.1. The van der Waals surface area contributed by atoms with Gasteiger partial charge < -0.3 is 25.4 Å². The largest absolute Gasteiger partial charge is 0.486 e. The number of amides is 3. The zero-order valence-electron chi connectivity index (χ0n) is 15.7. The zero-order chi connectivity index (χ0) is 19.9. The monoisotopic (exact) mass is 386 g/mol. The van der Waals surface area contributed by atoms with Gasteiger partial charge in [0.1, 0.15) is 19.0 Å². The molecule has 1 aliphatic rings. The highest BCUT2D eigenvalue weighted by molar-refractivity contribution is 5.98. The number of aromatic nitrogens is 2. The van der Waals surface area contributed by atoms with Crippen molar-refractivity contribution in [3.05, 3.63) is 30.0 Å². The van der Waals surface area contributed by atoms with Gasteiger partial charge in [-0.1, -0.05) is 0 Å². The number of carbonyl (C=O) groups excluding carboxylic acids is 2. The van der Waals surface area contributed by atoms with Gasteiger partial charge in [-0.3, -0.25) is 10.1 Å². The number of rotatable bonds is 6. The summed E-state index contributed by atoms with van der Waals surface area (Å²) in [6, 6.07) is 6.42. The minimum absolute atomic E-state index is 0.0983. The second-order valence-electron chi connectivity index (χ2n) is 6.07. The minimum Gasteiger partial charge on any atom is -0.486 e. The lowest BCUT2D eigenvalue weighted by Gasteiger charge is -2.19. The molecule has 2 heterocycles. The number of nitrogens with zero attached hydrogens (tertiary/aromatic N) is 2. The third-order valence-corrected chi connectivity index (χ3v) is 3.68. The first-order valence-electron chi connectivity index (χ1n) is 8.81. The molecule has 0 unspecified atom stereocenters. The molecule has 10 nitrogen and oxygen atoms in total. The number of carbonyl (C=O) groups is 2. The third-order valence-electron chi connectivity index (χ3n) is 3.68. The van der Waals surface area contributed by atoms with E-state index in [0.717, 1.165) is 0 Å². The van der Waals surface area contributed by atoms with Crippen LogP contribution in [0.25, 0.3) is 0 Å². The maximum Gasteiger partial charge on any atom is 0.326 e. The van der Waals surface area contributed by atoms with Gasteiger partial charge in [0.15, 0.2) is 11.5 Å². The fraction of sp³-hybridized carbons (Fsp3) is 0.333. The van der Waals surface area contributed by atoms with E-state index in [-0.39, 0.29) is 11.9 Å². The second-order valence-corrected chi connectivity index (χ2v) is 6.07. The second kappa shape index (κ2) is 8.89. The highest BCUT2D eigenvalue weighted by Crippen LogP contribution is 2.32. The summed E-state index contributed by atoms with van der Waals surface area (Å²) in [6.07, 6.45) is 0. The SMILES string of the molecule is CC(=O)NCCNc1cc(C)nc(NC(=O)Nc2ccc3c(c2)OCCO3)n1. The number of nitrogens with one attached hydrogen (secondary N) is 4. The summed E-state index contributed by atoms with van der Waals surface area (Å²) in [7, 11) is 0. The molecular weight excluding hydrogens is 364 g/mol. The van der Waals surface area contributed by atoms with Gasteiger partial charge >= 0.3 is 6.03 Å². The Labute approximate surface area is 162 Å². The quantitative estimate of drug-likeness (QED) is 0.557. The molecule has 3 rings (SSSR count). The number of fused-ring (bicyclic) bond motifs is 1. The van der Waals surface area contributed by atoms with E-state index in [1.165, 1.54) is 6.92 Å². The van der Waals surface area contributed by atoms with E-state index >= 15 is 0 Å². The van der Waals surface area contributed by atoms with Crippen molar-refractivity contribution in [2.75, 3.05) is 42.3 Å². The summed E-state index contributed by atoms with van der Waals surface area (Å²) in [6.45, 7) is 5.19. The number of benzene rings is 1. The van der Waals surface area contributed by atoms with Gasteiger partial charge in [-0.2, -0.15) is 4.98 Å². The Morgan fingerprint density at radius 1 is 1.04 bits per heavy atom. The number of aryl methyl sites for hydroxylation is 1. The number of anilines is 3. The van der Waals surface area contributed by atoms with Crippen molar-refractivity contribution in [2.24, 2.45) is 0 Å². The Balaban J connectivity index is 1.58. The smallest absolute Gasteiger partial charge is 0.326 e. The highest BCUT2D eigenvalue weighted by Gasteiger charge is 2.13. The lowest BCUT2D eigenvalue weighted by Crippen LogP contribution is -2.26. The van der Waals surface area contributed by atoms with Crippen molar-refractivity contribution in [1.29, 1.82) is 0 Å². The zero-order valence-corrected chi connectivity index (χ0v) is 15.7. The molecule has 3 amide bonds. The standard InChI is InChI=1S/C18H22N6O4/c1-11-9-16(20-6-5-19-12(2)25)23-17(21-11)24-18(26)22-13-3-4-14-15(10-13)28-8-7-27-14/h3-4,9-10H,5-8H2,1-2H3,(H,19,25)(H3,20,21,22,23,24,26). The molecule has 0 saturated carbocycles. The number of hydrogen-bond acceptors (Lipinski definition) is 7. The summed E-state index contributed by atoms with van der Waals surface area (Å²) in [5.74, 6) is 1.85. The predicted molar refractivity (Wildman–Crippen MR) is 104 cm³/mol. The molecule has 148 valence electrons. The van der Waals surface area contributed by atoms with Crippen LogP contribution in [-0.4, -0.2) is 48.2 Å². The van der Waals surface area contributed by atoms with Crippen LogP contribution in [0.4, 0.5) is 22.2 Å². The number of hydrogen-bond donors (Lipinski definition) is 4. The Morgan fingerprint density at radius 3 is 2.61 bits per heavy atom. The summed E-state index contributed by atoms with van der Waals surface area (Å²) < 4.78 is 11.0. The molecule has 0 radical (unpaired) electrons. The van der Waals surface area contributed by atoms with Gasteiger partial charge in [-0.05, 0) is 19.1 Å². The Kier molecular flexibility index (Phi) is 6.10. The molecule has 1 aromatic carbocycles. The first-order chi connectivity index (χ1) is 13.5. The molecule has 0 saturated heterocycles. The van der Waals surface area contributed by atoms with Crippen LogP contribution in [0, 0.1) is 6.92 Å². The van der Waals surface area contributed by atoms with Gasteiger partial charge in [0.25, 0.3) is 0 Å². The van der Waals surface area contributed by atoms with Gasteiger partial charge in [0.05, 0.1) is 0 Å². The van der Waals surface area contributed by atoms with E-state index in [1.54, 1.807) is 31.2 Å². The molecule has 10 heteroatoms. The predicted octanol–water partition coefficient (Wildman–Crippen LogP) is 1.75. The highest BCUT2D eigenvalue weighted by atomic mass is 16.6. The number of urea groups is 1. The average Bonchev–Trinajstić information content (AvgIpc) is 2.64. The lowest BCUT2D eigenvalue weighted by molar-refractivity contribution is -0.118. The molecule has 4 N–H and O–H groups in total. The Hall–Kier alpha value is -3.56. The van der Waals surface area contributed by atoms with Crippen molar-refractivity contribution >= 4 is 29.4 Å². The topological polar surface area (TPSA) is 127 Å². The molecule has 28 heavy (non-hydrogen) atoms. The van der Waals surface area contributed by atoms with Crippen molar-refractivity contribution in [3.63, 3.8) is 0 Å². The van der Waals surface area contributed by atoms with E-state index in [1.807, 2.05) is 0 Å². The molecule has 0 aliphatic carbocycles. The Bertz CT molecular complexity index is 873. The average molecular weight is 386 g/mol. The van der Waals surface area contributed by atoms with Gasteiger partial charge in [0, 0.05) is 43.5 Å². The first-order valence-corrected chi connectivity index (χ1v) is 8.81. The molecule has 2 aromatic rings. The van der Waals surface area contributed by atoms with Crippen LogP contribution < -0.4 is 30.7 Å². The van der Waals surface area contributed by atoms with E-state index in [2.05, 4.69) is 31.2 Å². The van der Waals surface area contributed by atoms with E-state index in [0.29, 0.717) is 55.0 Å². The van der Waals surface area contributed by atoms with Crippen molar-refractivity contribution in [3.8, 4) is 11.5 Å². The van der Waals surface area contributed by atoms with Crippen molar-refractivity contribution < 1.29 is 19.1 Å². The first kappa shape index (κ1) is 19.2. The normalized spacial score (nSPS) is 12.1. The summed E-state index contributed by atoms with van der Waals surface area (Å²) in [5.41, 5.74) is 1.25. The molecule has 0 spiro atoms. The van der Waals surface area contributed by atoms with Crippen molar-refractivity contribution in [2.45, 2.75) is 13.8 Å². The summed E-state index contributed by atoms with van der Waals surface area (Å²) >= 11 is 0. The summed E-state index contributed by atoms with van der Waals surface area (Å²) in [4.78, 5) is 31.6. The van der Waals surface area contributed by atoms with Crippen LogP contribution >= 0.6 is 0 Å². The van der Waals surface area contributed by atoms with Crippen LogP contribution in [0.2, 0.25) is 0 Å². The van der Waals surface area contributed by atoms with Crippen molar-refractivity contribution in [1.82, 2.24) is 15.3 Å². The van der Waals surface area contributed by atoms with Crippen LogP contribution in [0.15, 0.2) is 24.3 Å². The minimum atomic E-state index is -0.480. The molecule has 0 fully saturated rings. The Morgan fingerprint density at radius 2 is 1.82 bits per heavy atom. The number of ether oxygens (including phenoxy) is 2. The molecular formula is C18H22N6O4. The fourth-order valence-corrected chi connectivity index (χ4v) is 2.53. The van der Waals surface area contributed by atoms with Gasteiger partial charge in [-0.15, -0.1) is 0 Å². The van der Waals surface area contributed by atoms with E-state index in [9.17, 15) is 9.59 Å². The molecule has 0 atom stereocenters. The van der Waals surface area contributed by atoms with Crippen LogP contribution in [0.5, 0.6) is 11.5 Å². The van der Waals surface area contributed by atoms with E-state index in [4.69, 9.17) is 9.47 Å². The molecule has 1 aromatic heterocycles. The maximum absolute atomic E-state index is 12.3. The molecule has 1 aliphatic heterocycles. The maximum atomic E-state index is 12.3. The van der Waals surface area contributed by atoms with Gasteiger partial charge in [-0.25, -0.2) is 9.78 Å². The van der Waals surface area contributed by atoms with Crippen LogP contribution in [-0.2, 0) is 4.79 Å². The molecule has 0 bridgehead atoms. The van der Waals surface area contributed by atoms with Crippen LogP contribution in [0.1, 0.15) is 12.6 Å². The fourth-order valence-electron chi connectivity index (χ4n) is 2.53. The van der Waals surface area contributed by atoms with E-state index < -0.39 is 6.03 Å². The van der Waals surface area contributed by atoms with Gasteiger partial charge in [0.2, 0.25) is 11.9 Å². The lowest BCUT2D eigenvalue weighted by atomic mass is 10.2.